The van der Waals surface area contributed by atoms with Crippen molar-refractivity contribution in [2.45, 2.75) is 0 Å². The summed E-state index contributed by atoms with van der Waals surface area (Å²) >= 11 is 1.94. The lowest BCUT2D eigenvalue weighted by Crippen LogP contribution is -2.39. The zero-order valence-corrected chi connectivity index (χ0v) is 11.9. The van der Waals surface area contributed by atoms with E-state index in [0.717, 1.165) is 31.1 Å². The molecular weight excluding hydrogens is 278 g/mol. The van der Waals surface area contributed by atoms with Crippen LogP contribution in [0.2, 0.25) is 0 Å². The fourth-order valence-electron chi connectivity index (χ4n) is 1.92. The maximum atomic E-state index is 11.9. The minimum atomic E-state index is -1.13. The molecule has 2 N–H and O–H groups in total. The average Bonchev–Trinajstić information content (AvgIpc) is 2.48. The van der Waals surface area contributed by atoms with Gasteiger partial charge >= 0.3 is 5.97 Å². The Morgan fingerprint density at radius 1 is 1.30 bits per heavy atom. The summed E-state index contributed by atoms with van der Waals surface area (Å²) in [5, 5.41) is 11.6. The monoisotopic (exact) mass is 295 g/mol. The first-order chi connectivity index (χ1) is 9.66. The molecule has 0 saturated carbocycles. The summed E-state index contributed by atoms with van der Waals surface area (Å²) in [6.07, 6.45) is 0. The van der Waals surface area contributed by atoms with Crippen molar-refractivity contribution >= 4 is 23.6 Å². The molecule has 0 spiro atoms. The van der Waals surface area contributed by atoms with E-state index in [1.54, 1.807) is 0 Å². The zero-order chi connectivity index (χ0) is 14.4. The van der Waals surface area contributed by atoms with Crippen LogP contribution in [0.15, 0.2) is 18.2 Å². The van der Waals surface area contributed by atoms with Crippen LogP contribution in [0, 0.1) is 0 Å². The maximum Gasteiger partial charge on any atom is 0.354 e. The number of rotatable bonds is 5. The van der Waals surface area contributed by atoms with Gasteiger partial charge in [0.2, 0.25) is 0 Å². The van der Waals surface area contributed by atoms with Gasteiger partial charge in [0.25, 0.3) is 5.91 Å². The molecule has 0 aromatic carbocycles. The lowest BCUT2D eigenvalue weighted by atomic mass is 10.3. The van der Waals surface area contributed by atoms with Crippen molar-refractivity contribution in [2.24, 2.45) is 0 Å². The molecular formula is C13H17N3O3S. The van der Waals surface area contributed by atoms with E-state index in [1.165, 1.54) is 18.2 Å². The zero-order valence-electron chi connectivity index (χ0n) is 11.0. The molecule has 2 heterocycles. The molecule has 0 unspecified atom stereocenters. The minimum Gasteiger partial charge on any atom is -0.477 e. The molecule has 0 bridgehead atoms. The van der Waals surface area contributed by atoms with Crippen molar-refractivity contribution in [2.75, 3.05) is 37.7 Å². The van der Waals surface area contributed by atoms with Crippen LogP contribution in [0.3, 0.4) is 0 Å². The molecule has 1 aliphatic heterocycles. The van der Waals surface area contributed by atoms with Gasteiger partial charge in [0, 0.05) is 37.7 Å². The first-order valence-electron chi connectivity index (χ1n) is 6.45. The van der Waals surface area contributed by atoms with E-state index in [0.29, 0.717) is 6.54 Å². The second-order valence-electron chi connectivity index (χ2n) is 4.42. The average molecular weight is 295 g/mol. The number of thioether (sulfide) groups is 1. The molecule has 0 radical (unpaired) electrons. The van der Waals surface area contributed by atoms with E-state index >= 15 is 0 Å². The van der Waals surface area contributed by atoms with Gasteiger partial charge in [0.1, 0.15) is 11.4 Å². The van der Waals surface area contributed by atoms with Gasteiger partial charge in [-0.05, 0) is 12.1 Å². The second kappa shape index (κ2) is 7.25. The third-order valence-corrected chi connectivity index (χ3v) is 3.96. The molecule has 1 saturated heterocycles. The molecule has 20 heavy (non-hydrogen) atoms. The van der Waals surface area contributed by atoms with E-state index in [1.807, 2.05) is 11.8 Å². The van der Waals surface area contributed by atoms with Crippen molar-refractivity contribution in [1.29, 1.82) is 0 Å². The number of hydrogen-bond acceptors (Lipinski definition) is 5. The van der Waals surface area contributed by atoms with Gasteiger partial charge in [-0.3, -0.25) is 9.69 Å². The smallest absolute Gasteiger partial charge is 0.354 e. The van der Waals surface area contributed by atoms with Crippen LogP contribution in [0.1, 0.15) is 21.0 Å². The minimum absolute atomic E-state index is 0.120. The van der Waals surface area contributed by atoms with Gasteiger partial charge < -0.3 is 10.4 Å². The third-order valence-electron chi connectivity index (χ3n) is 3.02. The van der Waals surface area contributed by atoms with E-state index in [2.05, 4.69) is 15.2 Å². The lowest BCUT2D eigenvalue weighted by molar-refractivity contribution is 0.0690. The van der Waals surface area contributed by atoms with Gasteiger partial charge in [-0.25, -0.2) is 9.78 Å². The quantitative estimate of drug-likeness (QED) is 0.826. The van der Waals surface area contributed by atoms with Crippen LogP contribution in [0.5, 0.6) is 0 Å². The summed E-state index contributed by atoms with van der Waals surface area (Å²) in [5.41, 5.74) is 0.0183. The van der Waals surface area contributed by atoms with E-state index in [9.17, 15) is 9.59 Å². The molecule has 1 fully saturated rings. The van der Waals surface area contributed by atoms with Crippen molar-refractivity contribution in [3.8, 4) is 0 Å². The number of pyridine rings is 1. The third kappa shape index (κ3) is 4.21. The van der Waals surface area contributed by atoms with Gasteiger partial charge in [-0.1, -0.05) is 6.07 Å². The van der Waals surface area contributed by atoms with Crippen molar-refractivity contribution in [1.82, 2.24) is 15.2 Å². The predicted octanol–water partition coefficient (Wildman–Crippen LogP) is 0.558. The fraction of sp³-hybridized carbons (Fsp3) is 0.462. The largest absolute Gasteiger partial charge is 0.477 e. The number of carbonyl (C=O) groups is 2. The van der Waals surface area contributed by atoms with Crippen molar-refractivity contribution in [3.63, 3.8) is 0 Å². The highest BCUT2D eigenvalue weighted by Crippen LogP contribution is 2.08. The molecule has 1 aromatic heterocycles. The molecule has 2 rings (SSSR count). The lowest BCUT2D eigenvalue weighted by Gasteiger charge is -2.25. The number of nitrogens with one attached hydrogen (secondary N) is 1. The normalized spacial score (nSPS) is 15.8. The molecule has 7 heteroatoms. The highest BCUT2D eigenvalue weighted by molar-refractivity contribution is 7.99. The van der Waals surface area contributed by atoms with E-state index in [4.69, 9.17) is 5.11 Å². The van der Waals surface area contributed by atoms with Crippen molar-refractivity contribution in [3.05, 3.63) is 29.6 Å². The van der Waals surface area contributed by atoms with E-state index in [-0.39, 0.29) is 17.3 Å². The van der Waals surface area contributed by atoms with Crippen LogP contribution >= 0.6 is 11.8 Å². The Balaban J connectivity index is 1.82. The standard InChI is InChI=1S/C13H17N3O3S/c17-12(10-2-1-3-11(15-10)13(18)19)14-4-5-16-6-8-20-9-7-16/h1-3H,4-9H2,(H,14,17)(H,18,19). The number of nitrogens with zero attached hydrogens (tertiary/aromatic N) is 2. The molecule has 1 aromatic rings. The molecule has 0 atom stereocenters. The Kier molecular flexibility index (Phi) is 5.37. The van der Waals surface area contributed by atoms with Gasteiger partial charge in [0.05, 0.1) is 0 Å². The van der Waals surface area contributed by atoms with Crippen LogP contribution in [-0.4, -0.2) is 64.6 Å². The Morgan fingerprint density at radius 2 is 2.00 bits per heavy atom. The topological polar surface area (TPSA) is 82.5 Å². The molecule has 1 aliphatic rings. The number of carboxylic acid groups (broad SMARTS) is 1. The summed E-state index contributed by atoms with van der Waals surface area (Å²) in [5.74, 6) is 0.803. The first-order valence-corrected chi connectivity index (χ1v) is 7.61. The van der Waals surface area contributed by atoms with Crippen LogP contribution in [0.4, 0.5) is 0 Å². The second-order valence-corrected chi connectivity index (χ2v) is 5.65. The summed E-state index contributed by atoms with van der Waals surface area (Å²) < 4.78 is 0. The van der Waals surface area contributed by atoms with Gasteiger partial charge in [0.15, 0.2) is 0 Å². The Morgan fingerprint density at radius 3 is 2.70 bits per heavy atom. The Bertz CT molecular complexity index is 490. The van der Waals surface area contributed by atoms with Crippen LogP contribution < -0.4 is 5.32 Å². The van der Waals surface area contributed by atoms with Crippen LogP contribution in [-0.2, 0) is 0 Å². The number of carbonyl (C=O) groups excluding carboxylic acids is 1. The number of carboxylic acids is 1. The Labute approximate surface area is 121 Å². The van der Waals surface area contributed by atoms with Crippen molar-refractivity contribution < 1.29 is 14.7 Å². The summed E-state index contributed by atoms with van der Waals surface area (Å²) in [6.45, 7) is 3.45. The molecule has 6 nitrogen and oxygen atoms in total. The van der Waals surface area contributed by atoms with Gasteiger partial charge in [-0.2, -0.15) is 11.8 Å². The number of hydrogen-bond donors (Lipinski definition) is 2. The van der Waals surface area contributed by atoms with Crippen LogP contribution in [0.25, 0.3) is 0 Å². The predicted molar refractivity (Wildman–Crippen MR) is 77.3 cm³/mol. The van der Waals surface area contributed by atoms with E-state index < -0.39 is 5.97 Å². The maximum absolute atomic E-state index is 11.9. The fourth-order valence-corrected chi connectivity index (χ4v) is 2.90. The Hall–Kier alpha value is -1.60. The highest BCUT2D eigenvalue weighted by atomic mass is 32.2. The number of aromatic nitrogens is 1. The molecule has 108 valence electrons. The summed E-state index contributed by atoms with van der Waals surface area (Å²) in [6, 6.07) is 4.40. The summed E-state index contributed by atoms with van der Waals surface area (Å²) in [7, 11) is 0. The number of amides is 1. The number of aromatic carboxylic acids is 1. The molecule has 0 aliphatic carbocycles. The SMILES string of the molecule is O=C(O)c1cccc(C(=O)NCCN2CCSCC2)n1. The molecule has 1 amide bonds. The summed E-state index contributed by atoms with van der Waals surface area (Å²) in [4.78, 5) is 28.8. The van der Waals surface area contributed by atoms with Gasteiger partial charge in [-0.15, -0.1) is 0 Å². The highest BCUT2D eigenvalue weighted by Gasteiger charge is 2.13. The first kappa shape index (κ1) is 14.8.